The van der Waals surface area contributed by atoms with Gasteiger partial charge >= 0.3 is 5.97 Å². The number of esters is 1. The minimum Gasteiger partial charge on any atom is -0.504 e. The number of unbranched alkanes of at least 4 members (excludes halogenated alkanes) is 29. The minimum atomic E-state index is -0.231. The molecule has 1 N–H and O–H groups in total. The quantitative estimate of drug-likeness (QED) is 0.0469. The number of carbonyl (C=O) groups is 1. The van der Waals surface area contributed by atoms with E-state index in [-0.39, 0.29) is 11.7 Å². The first-order chi connectivity index (χ1) is 22.2. The van der Waals surface area contributed by atoms with Gasteiger partial charge in [0.25, 0.3) is 0 Å². The van der Waals surface area contributed by atoms with Crippen LogP contribution in [-0.4, -0.2) is 11.1 Å². The molecule has 0 aromatic heterocycles. The number of carbonyl (C=O) groups excluding carboxylic acids is 1. The highest BCUT2D eigenvalue weighted by Crippen LogP contribution is 2.28. The van der Waals surface area contributed by atoms with Gasteiger partial charge in [-0.1, -0.05) is 206 Å². The summed E-state index contributed by atoms with van der Waals surface area (Å²) in [4.78, 5) is 12.3. The zero-order valence-electron chi connectivity index (χ0n) is 30.3. The van der Waals surface area contributed by atoms with Gasteiger partial charge in [0, 0.05) is 6.42 Å². The molecule has 0 amide bonds. The SMILES string of the molecule is CCCCCCCCCCCCCCCCCCc1ccc(OC(=O)CCCCCCCCCCCCCCCCC)c(O)c1. The lowest BCUT2D eigenvalue weighted by Gasteiger charge is -2.09. The molecule has 0 radical (unpaired) electrons. The smallest absolute Gasteiger partial charge is 0.311 e. The van der Waals surface area contributed by atoms with Crippen LogP contribution in [0.25, 0.3) is 0 Å². The normalized spacial score (nSPS) is 11.3. The molecule has 262 valence electrons. The van der Waals surface area contributed by atoms with Crippen molar-refractivity contribution in [2.24, 2.45) is 0 Å². The standard InChI is InChI=1S/C42H76O3/c1-3-5-7-9-11-13-15-17-19-21-22-24-26-28-30-32-34-39-36-37-41(40(43)38-39)45-42(44)35-33-31-29-27-25-23-20-18-16-14-12-10-8-6-4-2/h36-38,43H,3-35H2,1-2H3. The van der Waals surface area contributed by atoms with Crippen molar-refractivity contribution in [3.63, 3.8) is 0 Å². The van der Waals surface area contributed by atoms with Gasteiger partial charge in [-0.15, -0.1) is 0 Å². The summed E-state index contributed by atoms with van der Waals surface area (Å²) < 4.78 is 5.47. The molecule has 0 aliphatic carbocycles. The van der Waals surface area contributed by atoms with Crippen LogP contribution in [0.1, 0.15) is 225 Å². The van der Waals surface area contributed by atoms with Gasteiger partial charge in [0.05, 0.1) is 0 Å². The molecule has 0 aliphatic rings. The lowest BCUT2D eigenvalue weighted by Crippen LogP contribution is -2.07. The summed E-state index contributed by atoms with van der Waals surface area (Å²) in [5.41, 5.74) is 1.13. The van der Waals surface area contributed by atoms with Gasteiger partial charge in [-0.2, -0.15) is 0 Å². The number of aromatic hydroxyl groups is 1. The number of rotatable bonds is 34. The maximum absolute atomic E-state index is 12.3. The van der Waals surface area contributed by atoms with Crippen LogP contribution in [0.5, 0.6) is 11.5 Å². The summed E-state index contributed by atoms with van der Waals surface area (Å²) in [6, 6.07) is 5.55. The molecule has 3 heteroatoms. The van der Waals surface area contributed by atoms with E-state index in [1.165, 1.54) is 180 Å². The lowest BCUT2D eigenvalue weighted by atomic mass is 10.0. The summed E-state index contributed by atoms with van der Waals surface area (Å²) in [6.07, 6.45) is 43.1. The predicted octanol–water partition coefficient (Wildman–Crippen LogP) is 14.4. The summed E-state index contributed by atoms with van der Waals surface area (Å²) in [7, 11) is 0. The molecular formula is C42H76O3. The fourth-order valence-corrected chi connectivity index (χ4v) is 6.50. The molecule has 1 rings (SSSR count). The fraction of sp³-hybridized carbons (Fsp3) is 0.833. The van der Waals surface area contributed by atoms with E-state index in [4.69, 9.17) is 4.74 Å². The first-order valence-corrected chi connectivity index (χ1v) is 20.2. The molecule has 1 aromatic carbocycles. The predicted molar refractivity (Wildman–Crippen MR) is 197 cm³/mol. The molecule has 0 fully saturated rings. The number of hydrogen-bond donors (Lipinski definition) is 1. The van der Waals surface area contributed by atoms with Crippen molar-refractivity contribution in [1.29, 1.82) is 0 Å². The average molecular weight is 629 g/mol. The molecule has 0 saturated carbocycles. The van der Waals surface area contributed by atoms with Crippen molar-refractivity contribution >= 4 is 5.97 Å². The topological polar surface area (TPSA) is 46.5 Å². The van der Waals surface area contributed by atoms with E-state index >= 15 is 0 Å². The van der Waals surface area contributed by atoms with Crippen molar-refractivity contribution in [2.75, 3.05) is 0 Å². The van der Waals surface area contributed by atoms with E-state index in [0.717, 1.165) is 31.2 Å². The van der Waals surface area contributed by atoms with Gasteiger partial charge in [-0.3, -0.25) is 4.79 Å². The van der Waals surface area contributed by atoms with Gasteiger partial charge in [0.2, 0.25) is 0 Å². The van der Waals surface area contributed by atoms with Crippen molar-refractivity contribution in [2.45, 2.75) is 226 Å². The third kappa shape index (κ3) is 27.3. The largest absolute Gasteiger partial charge is 0.504 e. The third-order valence-electron chi connectivity index (χ3n) is 9.55. The molecule has 0 spiro atoms. The van der Waals surface area contributed by atoms with Crippen LogP contribution < -0.4 is 4.74 Å². The Morgan fingerprint density at radius 3 is 1.18 bits per heavy atom. The van der Waals surface area contributed by atoms with Crippen LogP contribution in [0.15, 0.2) is 18.2 Å². The first-order valence-electron chi connectivity index (χ1n) is 20.2. The van der Waals surface area contributed by atoms with Crippen molar-refractivity contribution in [3.05, 3.63) is 23.8 Å². The second-order valence-electron chi connectivity index (χ2n) is 14.0. The monoisotopic (exact) mass is 629 g/mol. The van der Waals surface area contributed by atoms with Gasteiger partial charge in [-0.25, -0.2) is 0 Å². The molecule has 0 heterocycles. The second kappa shape index (κ2) is 32.4. The Bertz CT molecular complexity index is 773. The first kappa shape index (κ1) is 41.5. The van der Waals surface area contributed by atoms with Gasteiger partial charge < -0.3 is 9.84 Å². The van der Waals surface area contributed by atoms with E-state index < -0.39 is 0 Å². The molecule has 0 saturated heterocycles. The van der Waals surface area contributed by atoms with E-state index in [2.05, 4.69) is 13.8 Å². The molecule has 45 heavy (non-hydrogen) atoms. The molecule has 0 atom stereocenters. The van der Waals surface area contributed by atoms with Gasteiger partial charge in [0.15, 0.2) is 11.5 Å². The highest BCUT2D eigenvalue weighted by molar-refractivity contribution is 5.73. The number of hydrogen-bond acceptors (Lipinski definition) is 3. The maximum Gasteiger partial charge on any atom is 0.311 e. The number of phenols is 1. The maximum atomic E-state index is 12.3. The van der Waals surface area contributed by atoms with Crippen LogP contribution in [0.2, 0.25) is 0 Å². The Labute approximate surface area is 281 Å². The molecular weight excluding hydrogens is 552 g/mol. The van der Waals surface area contributed by atoms with E-state index in [1.54, 1.807) is 12.1 Å². The Morgan fingerprint density at radius 2 is 0.822 bits per heavy atom. The number of phenolic OH excluding ortho intramolecular Hbond substituents is 1. The average Bonchev–Trinajstić information content (AvgIpc) is 3.04. The Kier molecular flexibility index (Phi) is 29.9. The highest BCUT2D eigenvalue weighted by atomic mass is 16.5. The van der Waals surface area contributed by atoms with Crippen molar-refractivity contribution in [1.82, 2.24) is 0 Å². The number of aryl methyl sites for hydroxylation is 1. The van der Waals surface area contributed by atoms with E-state index in [9.17, 15) is 9.90 Å². The Morgan fingerprint density at radius 1 is 0.489 bits per heavy atom. The summed E-state index contributed by atoms with van der Waals surface area (Å²) in [5.74, 6) is 0.163. The number of benzene rings is 1. The highest BCUT2D eigenvalue weighted by Gasteiger charge is 2.10. The Hall–Kier alpha value is -1.51. The van der Waals surface area contributed by atoms with Crippen molar-refractivity contribution < 1.29 is 14.6 Å². The zero-order chi connectivity index (χ0) is 32.5. The second-order valence-corrected chi connectivity index (χ2v) is 14.0. The van der Waals surface area contributed by atoms with Gasteiger partial charge in [-0.05, 0) is 37.0 Å². The summed E-state index contributed by atoms with van der Waals surface area (Å²) in [6.45, 7) is 4.57. The van der Waals surface area contributed by atoms with Crippen LogP contribution >= 0.6 is 0 Å². The van der Waals surface area contributed by atoms with Crippen LogP contribution in [0, 0.1) is 0 Å². The van der Waals surface area contributed by atoms with E-state index in [0.29, 0.717) is 12.2 Å². The molecule has 1 aromatic rings. The third-order valence-corrected chi connectivity index (χ3v) is 9.55. The van der Waals surface area contributed by atoms with E-state index in [1.807, 2.05) is 6.07 Å². The summed E-state index contributed by atoms with van der Waals surface area (Å²) in [5, 5.41) is 10.4. The minimum absolute atomic E-state index is 0.0915. The molecule has 0 aliphatic heterocycles. The molecule has 0 unspecified atom stereocenters. The van der Waals surface area contributed by atoms with Gasteiger partial charge in [0.1, 0.15) is 0 Å². The Balaban J connectivity index is 1.93. The van der Waals surface area contributed by atoms with Crippen molar-refractivity contribution in [3.8, 4) is 11.5 Å². The van der Waals surface area contributed by atoms with Crippen LogP contribution in [-0.2, 0) is 11.2 Å². The zero-order valence-corrected chi connectivity index (χ0v) is 30.3. The van der Waals surface area contributed by atoms with Crippen LogP contribution in [0.4, 0.5) is 0 Å². The van der Waals surface area contributed by atoms with Crippen LogP contribution in [0.3, 0.4) is 0 Å². The summed E-state index contributed by atoms with van der Waals surface area (Å²) >= 11 is 0. The number of ether oxygens (including phenoxy) is 1. The molecule has 0 bridgehead atoms. The lowest BCUT2D eigenvalue weighted by molar-refractivity contribution is -0.134. The molecule has 3 nitrogen and oxygen atoms in total. The fourth-order valence-electron chi connectivity index (χ4n) is 6.50.